The lowest BCUT2D eigenvalue weighted by atomic mass is 10.2. The Kier molecular flexibility index (Phi) is 8.84. The number of carbonyl (C=O) groups is 2. The van der Waals surface area contributed by atoms with E-state index in [0.717, 1.165) is 16.2 Å². The molecule has 6 nitrogen and oxygen atoms in total. The van der Waals surface area contributed by atoms with E-state index >= 15 is 0 Å². The van der Waals surface area contributed by atoms with Gasteiger partial charge in [-0.3, -0.25) is 9.59 Å². The SMILES string of the molecule is COc1ccc(SCC(NC(C)=O)C(=O)N(CCO)Cc2ccccc2)cc1. The first kappa shape index (κ1) is 21.8. The van der Waals surface area contributed by atoms with Gasteiger partial charge in [0.25, 0.3) is 0 Å². The molecule has 0 aliphatic carbocycles. The summed E-state index contributed by atoms with van der Waals surface area (Å²) < 4.78 is 5.15. The van der Waals surface area contributed by atoms with E-state index in [-0.39, 0.29) is 25.0 Å². The van der Waals surface area contributed by atoms with E-state index in [2.05, 4.69) is 5.32 Å². The van der Waals surface area contributed by atoms with Gasteiger partial charge < -0.3 is 20.1 Å². The van der Waals surface area contributed by atoms with Gasteiger partial charge >= 0.3 is 0 Å². The minimum absolute atomic E-state index is 0.142. The third-order valence-corrected chi connectivity index (χ3v) is 5.16. The summed E-state index contributed by atoms with van der Waals surface area (Å²) in [7, 11) is 1.61. The van der Waals surface area contributed by atoms with Crippen molar-refractivity contribution in [2.45, 2.75) is 24.4 Å². The molecule has 0 aliphatic heterocycles. The van der Waals surface area contributed by atoms with Gasteiger partial charge in [-0.25, -0.2) is 0 Å². The zero-order valence-electron chi connectivity index (χ0n) is 16.1. The van der Waals surface area contributed by atoms with Crippen molar-refractivity contribution in [1.82, 2.24) is 10.2 Å². The van der Waals surface area contributed by atoms with Crippen molar-refractivity contribution < 1.29 is 19.4 Å². The Morgan fingerprint density at radius 3 is 2.39 bits per heavy atom. The molecule has 1 unspecified atom stereocenters. The van der Waals surface area contributed by atoms with Crippen LogP contribution in [0.5, 0.6) is 5.75 Å². The molecular formula is C21H26N2O4S. The molecule has 0 bridgehead atoms. The van der Waals surface area contributed by atoms with Gasteiger partial charge in [0.15, 0.2) is 0 Å². The first-order valence-electron chi connectivity index (χ1n) is 9.01. The zero-order chi connectivity index (χ0) is 20.4. The number of aliphatic hydroxyl groups is 1. The lowest BCUT2D eigenvalue weighted by molar-refractivity contribution is -0.136. The van der Waals surface area contributed by atoms with Crippen molar-refractivity contribution in [3.05, 3.63) is 60.2 Å². The van der Waals surface area contributed by atoms with Crippen LogP contribution >= 0.6 is 11.8 Å². The Bertz CT molecular complexity index is 753. The summed E-state index contributed by atoms with van der Waals surface area (Å²) in [5.74, 6) is 0.670. The molecule has 0 aromatic heterocycles. The van der Waals surface area contributed by atoms with E-state index in [1.54, 1.807) is 12.0 Å². The summed E-state index contributed by atoms with van der Waals surface area (Å²) in [4.78, 5) is 27.2. The molecule has 150 valence electrons. The molecule has 7 heteroatoms. The first-order chi connectivity index (χ1) is 13.5. The zero-order valence-corrected chi connectivity index (χ0v) is 16.9. The number of ether oxygens (including phenoxy) is 1. The standard InChI is InChI=1S/C21H26N2O4S/c1-16(25)22-20(15-28-19-10-8-18(27-2)9-11-19)21(26)23(12-13-24)14-17-6-4-3-5-7-17/h3-11,20,24H,12-15H2,1-2H3,(H,22,25). The molecule has 28 heavy (non-hydrogen) atoms. The van der Waals surface area contributed by atoms with Crippen LogP contribution in [0.1, 0.15) is 12.5 Å². The maximum atomic E-state index is 13.1. The minimum atomic E-state index is -0.681. The summed E-state index contributed by atoms with van der Waals surface area (Å²) in [5.41, 5.74) is 0.966. The first-order valence-corrected chi connectivity index (χ1v) is 9.99. The predicted molar refractivity (Wildman–Crippen MR) is 110 cm³/mol. The lowest BCUT2D eigenvalue weighted by Gasteiger charge is -2.27. The molecule has 2 rings (SSSR count). The van der Waals surface area contributed by atoms with Gasteiger partial charge in [0.1, 0.15) is 11.8 Å². The van der Waals surface area contributed by atoms with Crippen molar-refractivity contribution in [2.24, 2.45) is 0 Å². The number of nitrogens with one attached hydrogen (secondary N) is 1. The quantitative estimate of drug-likeness (QED) is 0.597. The second kappa shape index (κ2) is 11.4. The van der Waals surface area contributed by atoms with Crippen molar-refractivity contribution >= 4 is 23.6 Å². The van der Waals surface area contributed by atoms with Gasteiger partial charge in [-0.1, -0.05) is 30.3 Å². The van der Waals surface area contributed by atoms with Crippen LogP contribution in [0.25, 0.3) is 0 Å². The summed E-state index contributed by atoms with van der Waals surface area (Å²) in [6.07, 6.45) is 0. The number of methoxy groups -OCH3 is 1. The van der Waals surface area contributed by atoms with Crippen LogP contribution in [0.3, 0.4) is 0 Å². The third-order valence-electron chi connectivity index (χ3n) is 4.05. The fourth-order valence-electron chi connectivity index (χ4n) is 2.68. The van der Waals surface area contributed by atoms with E-state index < -0.39 is 6.04 Å². The molecule has 0 spiro atoms. The third kappa shape index (κ3) is 6.90. The van der Waals surface area contributed by atoms with Crippen LogP contribution in [0.15, 0.2) is 59.5 Å². The normalized spacial score (nSPS) is 11.5. The monoisotopic (exact) mass is 402 g/mol. The van der Waals surface area contributed by atoms with Gasteiger partial charge in [0.2, 0.25) is 11.8 Å². The average Bonchev–Trinajstić information content (AvgIpc) is 2.71. The van der Waals surface area contributed by atoms with E-state index in [1.807, 2.05) is 54.6 Å². The highest BCUT2D eigenvalue weighted by atomic mass is 32.2. The molecule has 0 saturated carbocycles. The van der Waals surface area contributed by atoms with E-state index in [4.69, 9.17) is 4.74 Å². The van der Waals surface area contributed by atoms with Crippen molar-refractivity contribution in [3.63, 3.8) is 0 Å². The van der Waals surface area contributed by atoms with Crippen molar-refractivity contribution in [3.8, 4) is 5.75 Å². The number of aliphatic hydroxyl groups excluding tert-OH is 1. The highest BCUT2D eigenvalue weighted by Crippen LogP contribution is 2.22. The maximum absolute atomic E-state index is 13.1. The fraction of sp³-hybridized carbons (Fsp3) is 0.333. The molecule has 0 heterocycles. The topological polar surface area (TPSA) is 78.9 Å². The Labute approximate surface area is 169 Å². The van der Waals surface area contributed by atoms with Crippen LogP contribution in [0, 0.1) is 0 Å². The Morgan fingerprint density at radius 2 is 1.82 bits per heavy atom. The van der Waals surface area contributed by atoms with Gasteiger partial charge in [-0.15, -0.1) is 11.8 Å². The number of thioether (sulfide) groups is 1. The number of hydrogen-bond donors (Lipinski definition) is 2. The average molecular weight is 403 g/mol. The molecule has 2 aromatic carbocycles. The maximum Gasteiger partial charge on any atom is 0.246 e. The molecule has 2 aromatic rings. The molecular weight excluding hydrogens is 376 g/mol. The van der Waals surface area contributed by atoms with Gasteiger partial charge in [0.05, 0.1) is 13.7 Å². The molecule has 1 atom stereocenters. The highest BCUT2D eigenvalue weighted by molar-refractivity contribution is 7.99. The molecule has 0 fully saturated rings. The molecule has 0 radical (unpaired) electrons. The Balaban J connectivity index is 2.08. The van der Waals surface area contributed by atoms with Crippen LogP contribution in [0.4, 0.5) is 0 Å². The van der Waals surface area contributed by atoms with Crippen LogP contribution in [-0.4, -0.2) is 53.9 Å². The Morgan fingerprint density at radius 1 is 1.14 bits per heavy atom. The second-order valence-corrected chi connectivity index (χ2v) is 7.30. The van der Waals surface area contributed by atoms with Crippen molar-refractivity contribution in [1.29, 1.82) is 0 Å². The number of carbonyl (C=O) groups excluding carboxylic acids is 2. The van der Waals surface area contributed by atoms with Crippen LogP contribution in [-0.2, 0) is 16.1 Å². The number of rotatable bonds is 10. The van der Waals surface area contributed by atoms with Crippen LogP contribution < -0.4 is 10.1 Å². The Hall–Kier alpha value is -2.51. The lowest BCUT2D eigenvalue weighted by Crippen LogP contribution is -2.49. The molecule has 2 amide bonds. The second-order valence-electron chi connectivity index (χ2n) is 6.21. The van der Waals surface area contributed by atoms with Crippen molar-refractivity contribution in [2.75, 3.05) is 26.0 Å². The number of benzene rings is 2. The molecule has 0 aliphatic rings. The molecule has 0 saturated heterocycles. The van der Waals surface area contributed by atoms with E-state index in [9.17, 15) is 14.7 Å². The largest absolute Gasteiger partial charge is 0.497 e. The van der Waals surface area contributed by atoms with E-state index in [0.29, 0.717) is 12.3 Å². The molecule has 2 N–H and O–H groups in total. The summed E-state index contributed by atoms with van der Waals surface area (Å²) >= 11 is 1.48. The van der Waals surface area contributed by atoms with Crippen LogP contribution in [0.2, 0.25) is 0 Å². The van der Waals surface area contributed by atoms with Gasteiger partial charge in [0, 0.05) is 30.7 Å². The van der Waals surface area contributed by atoms with Gasteiger partial charge in [-0.05, 0) is 29.8 Å². The predicted octanol–water partition coefficient (Wildman–Crippen LogP) is 2.31. The number of nitrogens with zero attached hydrogens (tertiary/aromatic N) is 1. The summed E-state index contributed by atoms with van der Waals surface area (Å²) in [5, 5.41) is 12.1. The van der Waals surface area contributed by atoms with E-state index in [1.165, 1.54) is 18.7 Å². The number of amides is 2. The smallest absolute Gasteiger partial charge is 0.246 e. The highest BCUT2D eigenvalue weighted by Gasteiger charge is 2.25. The van der Waals surface area contributed by atoms with Gasteiger partial charge in [-0.2, -0.15) is 0 Å². The summed E-state index contributed by atoms with van der Waals surface area (Å²) in [6, 6.07) is 16.4. The number of hydrogen-bond acceptors (Lipinski definition) is 5. The minimum Gasteiger partial charge on any atom is -0.497 e. The summed E-state index contributed by atoms with van der Waals surface area (Å²) in [6.45, 7) is 1.84. The fourth-order valence-corrected chi connectivity index (χ4v) is 3.60.